The van der Waals surface area contributed by atoms with E-state index in [2.05, 4.69) is 35.6 Å². The molecule has 0 bridgehead atoms. The number of ether oxygens (including phenoxy) is 1. The van der Waals surface area contributed by atoms with Crippen LogP contribution in [0, 0.1) is 0 Å². The fraction of sp³-hybridized carbons (Fsp3) is 0.462. The average Bonchev–Trinajstić information content (AvgIpc) is 2.67. The Kier molecular flexibility index (Phi) is 4.32. The van der Waals surface area contributed by atoms with Crippen molar-refractivity contribution in [3.63, 3.8) is 0 Å². The van der Waals surface area contributed by atoms with E-state index in [1.54, 1.807) is 10.8 Å². The van der Waals surface area contributed by atoms with Gasteiger partial charge in [0.15, 0.2) is 0 Å². The molecule has 0 fully saturated rings. The van der Waals surface area contributed by atoms with Crippen LogP contribution in [0.25, 0.3) is 5.52 Å². The third-order valence-electron chi connectivity index (χ3n) is 2.93. The highest BCUT2D eigenvalue weighted by molar-refractivity contribution is 9.10. The number of halogens is 1. The number of aromatic nitrogens is 2. The van der Waals surface area contributed by atoms with Gasteiger partial charge in [-0.15, -0.1) is 0 Å². The summed E-state index contributed by atoms with van der Waals surface area (Å²) in [6.45, 7) is 7.98. The number of fused-ring (bicyclic) bond motifs is 1. The minimum absolute atomic E-state index is 0.0267. The number of nitrogens with zero attached hydrogens (tertiary/aromatic N) is 2. The standard InChI is InChI=1S/C13H19BrN2O2Si/c1-19(2,3)7-6-18-10-16-5-4-15-9-11(14)8-12(15)13(16)17/h4-5,8-9H,6-7,10H2,1-3H3. The lowest BCUT2D eigenvalue weighted by atomic mass is 10.5. The van der Waals surface area contributed by atoms with E-state index in [0.717, 1.165) is 17.1 Å². The van der Waals surface area contributed by atoms with Gasteiger partial charge in [-0.1, -0.05) is 19.6 Å². The monoisotopic (exact) mass is 342 g/mol. The summed E-state index contributed by atoms with van der Waals surface area (Å²) in [7, 11) is -1.07. The highest BCUT2D eigenvalue weighted by Gasteiger charge is 2.12. The number of hydrogen-bond acceptors (Lipinski definition) is 2. The minimum Gasteiger partial charge on any atom is -0.361 e. The van der Waals surface area contributed by atoms with Gasteiger partial charge in [0.05, 0.1) is 0 Å². The zero-order valence-electron chi connectivity index (χ0n) is 11.5. The molecule has 4 nitrogen and oxygen atoms in total. The first-order valence-corrected chi connectivity index (χ1v) is 10.8. The Balaban J connectivity index is 2.05. The lowest BCUT2D eigenvalue weighted by molar-refractivity contribution is 0.0848. The summed E-state index contributed by atoms with van der Waals surface area (Å²) in [4.78, 5) is 12.2. The third kappa shape index (κ3) is 3.81. The van der Waals surface area contributed by atoms with Crippen molar-refractivity contribution in [3.05, 3.63) is 39.5 Å². The molecule has 0 N–H and O–H groups in total. The fourth-order valence-electron chi connectivity index (χ4n) is 1.75. The highest BCUT2D eigenvalue weighted by Crippen LogP contribution is 2.12. The Hall–Kier alpha value is -0.853. The van der Waals surface area contributed by atoms with E-state index >= 15 is 0 Å². The largest absolute Gasteiger partial charge is 0.361 e. The van der Waals surface area contributed by atoms with Crippen LogP contribution in [-0.2, 0) is 11.5 Å². The second-order valence-corrected chi connectivity index (χ2v) is 12.4. The third-order valence-corrected chi connectivity index (χ3v) is 5.07. The predicted molar refractivity (Wildman–Crippen MR) is 83.5 cm³/mol. The molecule has 6 heteroatoms. The molecule has 2 aromatic heterocycles. The topological polar surface area (TPSA) is 35.6 Å². The van der Waals surface area contributed by atoms with Crippen molar-refractivity contribution in [2.75, 3.05) is 6.61 Å². The van der Waals surface area contributed by atoms with Crippen LogP contribution in [0.2, 0.25) is 25.7 Å². The van der Waals surface area contributed by atoms with Crippen molar-refractivity contribution in [2.24, 2.45) is 0 Å². The summed E-state index contributed by atoms with van der Waals surface area (Å²) < 4.78 is 9.93. The SMILES string of the molecule is C[Si](C)(C)CCOCn1ccn2cc(Br)cc2c1=O. The molecule has 0 amide bonds. The van der Waals surface area contributed by atoms with E-state index in [-0.39, 0.29) is 5.56 Å². The van der Waals surface area contributed by atoms with Crippen LogP contribution in [0.1, 0.15) is 0 Å². The molecule has 0 radical (unpaired) electrons. The van der Waals surface area contributed by atoms with Gasteiger partial charge in [-0.3, -0.25) is 9.36 Å². The molecule has 0 aliphatic carbocycles. The van der Waals surface area contributed by atoms with Gasteiger partial charge < -0.3 is 9.14 Å². The maximum Gasteiger partial charge on any atom is 0.276 e. The zero-order chi connectivity index (χ0) is 14.0. The molecule has 0 saturated carbocycles. The van der Waals surface area contributed by atoms with E-state index in [9.17, 15) is 4.79 Å². The van der Waals surface area contributed by atoms with Crippen molar-refractivity contribution in [1.82, 2.24) is 8.97 Å². The first-order valence-electron chi connectivity index (χ1n) is 6.31. The van der Waals surface area contributed by atoms with Crippen LogP contribution in [0.5, 0.6) is 0 Å². The van der Waals surface area contributed by atoms with Gasteiger partial charge in [0.1, 0.15) is 12.2 Å². The van der Waals surface area contributed by atoms with Crippen LogP contribution < -0.4 is 5.56 Å². The van der Waals surface area contributed by atoms with Crippen LogP contribution in [0.15, 0.2) is 33.9 Å². The molecule has 0 atom stereocenters. The second-order valence-electron chi connectivity index (χ2n) is 5.87. The molecule has 2 heterocycles. The lowest BCUT2D eigenvalue weighted by Crippen LogP contribution is -2.25. The van der Waals surface area contributed by atoms with E-state index in [0.29, 0.717) is 12.2 Å². The maximum atomic E-state index is 12.2. The smallest absolute Gasteiger partial charge is 0.276 e. The minimum atomic E-state index is -1.07. The zero-order valence-corrected chi connectivity index (χ0v) is 14.1. The normalized spacial score (nSPS) is 12.2. The van der Waals surface area contributed by atoms with E-state index in [4.69, 9.17) is 4.74 Å². The van der Waals surface area contributed by atoms with Crippen molar-refractivity contribution in [1.29, 1.82) is 0 Å². The van der Waals surface area contributed by atoms with Crippen molar-refractivity contribution in [3.8, 4) is 0 Å². The van der Waals surface area contributed by atoms with E-state index in [1.807, 2.05) is 22.9 Å². The first-order chi connectivity index (χ1) is 8.87. The Labute approximate surface area is 122 Å². The highest BCUT2D eigenvalue weighted by atomic mass is 79.9. The fourth-order valence-corrected chi connectivity index (χ4v) is 2.94. The predicted octanol–water partition coefficient (Wildman–Crippen LogP) is 3.18. The van der Waals surface area contributed by atoms with Gasteiger partial charge >= 0.3 is 0 Å². The van der Waals surface area contributed by atoms with Gasteiger partial charge in [0.2, 0.25) is 0 Å². The molecule has 0 aromatic carbocycles. The quantitative estimate of drug-likeness (QED) is 0.617. The van der Waals surface area contributed by atoms with Gasteiger partial charge in [0.25, 0.3) is 5.56 Å². The Bertz CT molecular complexity index is 628. The summed E-state index contributed by atoms with van der Waals surface area (Å²) in [5, 5.41) is 0. The van der Waals surface area contributed by atoms with Crippen molar-refractivity contribution >= 4 is 29.5 Å². The van der Waals surface area contributed by atoms with Gasteiger partial charge in [-0.25, -0.2) is 0 Å². The van der Waals surface area contributed by atoms with Crippen LogP contribution >= 0.6 is 15.9 Å². The van der Waals surface area contributed by atoms with E-state index in [1.165, 1.54) is 0 Å². The first kappa shape index (κ1) is 14.6. The molecule has 0 aliphatic rings. The van der Waals surface area contributed by atoms with Gasteiger partial charge in [-0.2, -0.15) is 0 Å². The summed E-state index contributed by atoms with van der Waals surface area (Å²) >= 11 is 3.37. The van der Waals surface area contributed by atoms with Crippen LogP contribution in [-0.4, -0.2) is 23.6 Å². The molecule has 0 unspecified atom stereocenters. The molecule has 19 heavy (non-hydrogen) atoms. The molecule has 0 aliphatic heterocycles. The molecule has 104 valence electrons. The summed E-state index contributed by atoms with van der Waals surface area (Å²) in [6, 6.07) is 2.93. The Morgan fingerprint density at radius 1 is 1.32 bits per heavy atom. The van der Waals surface area contributed by atoms with Gasteiger partial charge in [-0.05, 0) is 28.0 Å². The van der Waals surface area contributed by atoms with Crippen molar-refractivity contribution in [2.45, 2.75) is 32.4 Å². The lowest BCUT2D eigenvalue weighted by Gasteiger charge is -2.15. The molecule has 2 rings (SSSR count). The summed E-state index contributed by atoms with van der Waals surface area (Å²) in [5.74, 6) is 0. The van der Waals surface area contributed by atoms with Gasteiger partial charge in [0, 0.05) is 37.7 Å². The second kappa shape index (κ2) is 5.64. The van der Waals surface area contributed by atoms with E-state index < -0.39 is 8.07 Å². The Morgan fingerprint density at radius 2 is 2.05 bits per heavy atom. The maximum absolute atomic E-state index is 12.2. The van der Waals surface area contributed by atoms with Crippen LogP contribution in [0.4, 0.5) is 0 Å². The molecule has 0 spiro atoms. The molecule has 0 saturated heterocycles. The molecule has 2 aromatic rings. The molecular weight excluding hydrogens is 324 g/mol. The van der Waals surface area contributed by atoms with Crippen LogP contribution in [0.3, 0.4) is 0 Å². The van der Waals surface area contributed by atoms with Crippen molar-refractivity contribution < 1.29 is 4.74 Å². The summed E-state index contributed by atoms with van der Waals surface area (Å²) in [5.41, 5.74) is 0.629. The number of rotatable bonds is 5. The molecular formula is C13H19BrN2O2Si. The average molecular weight is 343 g/mol. The summed E-state index contributed by atoms with van der Waals surface area (Å²) in [6.07, 6.45) is 5.49. The Morgan fingerprint density at radius 3 is 2.74 bits per heavy atom. The number of hydrogen-bond donors (Lipinski definition) is 0.